The molecule has 2 aromatic rings. The van der Waals surface area contributed by atoms with E-state index in [9.17, 15) is 4.79 Å². The summed E-state index contributed by atoms with van der Waals surface area (Å²) >= 11 is 0. The molecule has 0 radical (unpaired) electrons. The average molecular weight is 450 g/mol. The van der Waals surface area contributed by atoms with Gasteiger partial charge >= 0.3 is 0 Å². The maximum Gasteiger partial charge on any atom is 0.239 e. The SMILES string of the molecule is CCCNc1nc(Nc2ccc(C#N)cc2)ncc1C#CCCCNC(=O)C(COC)NC. The number of nitriles is 1. The zero-order chi connectivity index (χ0) is 23.9. The number of ether oxygens (including phenoxy) is 1. The number of benzene rings is 1. The molecule has 9 nitrogen and oxygen atoms in total. The van der Waals surface area contributed by atoms with Crippen molar-refractivity contribution < 1.29 is 9.53 Å². The van der Waals surface area contributed by atoms with Crippen LogP contribution in [0.15, 0.2) is 30.5 Å². The minimum absolute atomic E-state index is 0.0860. The highest BCUT2D eigenvalue weighted by Gasteiger charge is 2.14. The van der Waals surface area contributed by atoms with Gasteiger partial charge in [-0.2, -0.15) is 10.2 Å². The molecular formula is C24H31N7O2. The molecule has 1 aromatic heterocycles. The summed E-state index contributed by atoms with van der Waals surface area (Å²) in [7, 11) is 3.29. The first-order chi connectivity index (χ1) is 16.1. The summed E-state index contributed by atoms with van der Waals surface area (Å²) in [6.07, 6.45) is 4.01. The van der Waals surface area contributed by atoms with Gasteiger partial charge in [-0.3, -0.25) is 4.79 Å². The Morgan fingerprint density at radius 1 is 1.24 bits per heavy atom. The zero-order valence-corrected chi connectivity index (χ0v) is 19.4. The Morgan fingerprint density at radius 2 is 2.03 bits per heavy atom. The van der Waals surface area contributed by atoms with Crippen LogP contribution in [0.4, 0.5) is 17.5 Å². The first-order valence-corrected chi connectivity index (χ1v) is 10.9. The number of unbranched alkanes of at least 4 members (excludes halogenated alkanes) is 1. The lowest BCUT2D eigenvalue weighted by atomic mass is 10.2. The van der Waals surface area contributed by atoms with Crippen molar-refractivity contribution in [3.05, 3.63) is 41.6 Å². The summed E-state index contributed by atoms with van der Waals surface area (Å²) in [6, 6.07) is 8.82. The molecule has 0 bridgehead atoms. The lowest BCUT2D eigenvalue weighted by molar-refractivity contribution is -0.124. The molecule has 0 saturated heterocycles. The summed E-state index contributed by atoms with van der Waals surface area (Å²) in [4.78, 5) is 20.9. The molecule has 0 aliphatic heterocycles. The van der Waals surface area contributed by atoms with Crippen LogP contribution in [0.25, 0.3) is 0 Å². The van der Waals surface area contributed by atoms with Crippen molar-refractivity contribution in [1.82, 2.24) is 20.6 Å². The van der Waals surface area contributed by atoms with Crippen LogP contribution >= 0.6 is 0 Å². The molecular weight excluding hydrogens is 418 g/mol. The van der Waals surface area contributed by atoms with Gasteiger partial charge in [-0.15, -0.1) is 0 Å². The van der Waals surface area contributed by atoms with E-state index < -0.39 is 0 Å². The van der Waals surface area contributed by atoms with Crippen LogP contribution in [0.1, 0.15) is 37.3 Å². The Hall–Kier alpha value is -3.66. The van der Waals surface area contributed by atoms with Crippen LogP contribution in [0.5, 0.6) is 0 Å². The molecule has 1 amide bonds. The normalized spacial score (nSPS) is 11.0. The number of nitrogens with zero attached hydrogens (tertiary/aromatic N) is 3. The van der Waals surface area contributed by atoms with Gasteiger partial charge < -0.3 is 26.0 Å². The van der Waals surface area contributed by atoms with E-state index in [0.717, 1.165) is 25.1 Å². The Balaban J connectivity index is 1.95. The second-order valence-electron chi connectivity index (χ2n) is 7.19. The average Bonchev–Trinajstić information content (AvgIpc) is 2.84. The van der Waals surface area contributed by atoms with Gasteiger partial charge in [0.1, 0.15) is 11.9 Å². The summed E-state index contributed by atoms with van der Waals surface area (Å²) in [5.74, 6) is 7.28. The predicted molar refractivity (Wildman–Crippen MR) is 129 cm³/mol. The van der Waals surface area contributed by atoms with Crippen LogP contribution in [-0.2, 0) is 9.53 Å². The van der Waals surface area contributed by atoms with Gasteiger partial charge in [0.25, 0.3) is 0 Å². The lowest BCUT2D eigenvalue weighted by Gasteiger charge is -2.14. The number of amides is 1. The highest BCUT2D eigenvalue weighted by Crippen LogP contribution is 2.17. The van der Waals surface area contributed by atoms with E-state index in [1.807, 2.05) is 12.1 Å². The van der Waals surface area contributed by atoms with Gasteiger partial charge in [0, 0.05) is 32.3 Å². The maximum atomic E-state index is 12.0. The third kappa shape index (κ3) is 8.77. The van der Waals surface area contributed by atoms with E-state index in [-0.39, 0.29) is 11.9 Å². The third-order valence-electron chi connectivity index (χ3n) is 4.60. The number of rotatable bonds is 12. The Morgan fingerprint density at radius 3 is 2.70 bits per heavy atom. The van der Waals surface area contributed by atoms with Crippen molar-refractivity contribution in [2.24, 2.45) is 0 Å². The number of methoxy groups -OCH3 is 1. The molecule has 1 atom stereocenters. The monoisotopic (exact) mass is 449 g/mol. The van der Waals surface area contributed by atoms with Crippen LogP contribution in [0.2, 0.25) is 0 Å². The third-order valence-corrected chi connectivity index (χ3v) is 4.60. The topological polar surface area (TPSA) is 124 Å². The van der Waals surface area contributed by atoms with Crippen LogP contribution < -0.4 is 21.3 Å². The van der Waals surface area contributed by atoms with E-state index in [1.165, 1.54) is 0 Å². The summed E-state index contributed by atoms with van der Waals surface area (Å²) < 4.78 is 5.02. The number of hydrogen-bond acceptors (Lipinski definition) is 8. The number of aromatic nitrogens is 2. The molecule has 0 aliphatic carbocycles. The second-order valence-corrected chi connectivity index (χ2v) is 7.19. The van der Waals surface area contributed by atoms with Crippen molar-refractivity contribution in [2.45, 2.75) is 32.2 Å². The van der Waals surface area contributed by atoms with E-state index in [1.54, 1.807) is 32.5 Å². The summed E-state index contributed by atoms with van der Waals surface area (Å²) in [5, 5.41) is 21.2. The molecule has 1 aromatic carbocycles. The fraction of sp³-hybridized carbons (Fsp3) is 0.417. The number of likely N-dealkylation sites (N-methyl/N-ethyl adjacent to an activating group) is 1. The number of carbonyl (C=O) groups excluding carboxylic acids is 1. The molecule has 33 heavy (non-hydrogen) atoms. The number of nitrogens with one attached hydrogen (secondary N) is 4. The van der Waals surface area contributed by atoms with Gasteiger partial charge in [0.05, 0.1) is 30.0 Å². The van der Waals surface area contributed by atoms with Crippen LogP contribution in [0, 0.1) is 23.2 Å². The van der Waals surface area contributed by atoms with Crippen molar-refractivity contribution in [1.29, 1.82) is 5.26 Å². The van der Waals surface area contributed by atoms with Gasteiger partial charge in [-0.25, -0.2) is 4.98 Å². The van der Waals surface area contributed by atoms with Gasteiger partial charge in [0.15, 0.2) is 0 Å². The van der Waals surface area contributed by atoms with Crippen molar-refractivity contribution in [3.8, 4) is 17.9 Å². The van der Waals surface area contributed by atoms with Crippen molar-refractivity contribution in [2.75, 3.05) is 44.5 Å². The van der Waals surface area contributed by atoms with E-state index in [2.05, 4.69) is 56.1 Å². The number of carbonyl (C=O) groups is 1. The number of hydrogen-bond donors (Lipinski definition) is 4. The van der Waals surface area contributed by atoms with Gasteiger partial charge in [0.2, 0.25) is 11.9 Å². The molecule has 0 fully saturated rings. The highest BCUT2D eigenvalue weighted by molar-refractivity contribution is 5.81. The van der Waals surface area contributed by atoms with Gasteiger partial charge in [-0.1, -0.05) is 18.8 Å². The fourth-order valence-electron chi connectivity index (χ4n) is 2.79. The molecule has 1 unspecified atom stereocenters. The van der Waals surface area contributed by atoms with Crippen LogP contribution in [0.3, 0.4) is 0 Å². The van der Waals surface area contributed by atoms with Crippen molar-refractivity contribution >= 4 is 23.4 Å². The van der Waals surface area contributed by atoms with Crippen molar-refractivity contribution in [3.63, 3.8) is 0 Å². The van der Waals surface area contributed by atoms with Gasteiger partial charge in [-0.05, 0) is 44.2 Å². The Bertz CT molecular complexity index is 991. The molecule has 9 heteroatoms. The largest absolute Gasteiger partial charge is 0.383 e. The van der Waals surface area contributed by atoms with E-state index >= 15 is 0 Å². The molecule has 2 rings (SSSR count). The first-order valence-electron chi connectivity index (χ1n) is 10.9. The molecule has 0 saturated carbocycles. The molecule has 174 valence electrons. The lowest BCUT2D eigenvalue weighted by Crippen LogP contribution is -2.45. The quantitative estimate of drug-likeness (QED) is 0.288. The first kappa shape index (κ1) is 25.6. The number of anilines is 3. The molecule has 0 spiro atoms. The maximum absolute atomic E-state index is 12.0. The summed E-state index contributed by atoms with van der Waals surface area (Å²) in [6.45, 7) is 3.71. The molecule has 4 N–H and O–H groups in total. The standard InChI is InChI=1S/C24H31N7O2/c1-4-13-27-22-19(8-6-5-7-14-28-23(32)21(26-2)17-33-3)16-29-24(31-22)30-20-11-9-18(15-25)10-12-20/h9-12,16,21,26H,4-5,7,13-14,17H2,1-3H3,(H,28,32)(H2,27,29,30,31). The Kier molecular flexibility index (Phi) is 11.2. The fourth-order valence-corrected chi connectivity index (χ4v) is 2.79. The minimum Gasteiger partial charge on any atom is -0.383 e. The smallest absolute Gasteiger partial charge is 0.239 e. The second kappa shape index (κ2) is 14.4. The van der Waals surface area contributed by atoms with E-state index in [4.69, 9.17) is 10.00 Å². The zero-order valence-electron chi connectivity index (χ0n) is 19.4. The minimum atomic E-state index is -0.359. The van der Waals surface area contributed by atoms with E-state index in [0.29, 0.717) is 42.5 Å². The predicted octanol–water partition coefficient (Wildman–Crippen LogP) is 2.40. The highest BCUT2D eigenvalue weighted by atomic mass is 16.5. The Labute approximate surface area is 195 Å². The summed E-state index contributed by atoms with van der Waals surface area (Å²) in [5.41, 5.74) is 2.10. The molecule has 0 aliphatic rings. The van der Waals surface area contributed by atoms with Crippen LogP contribution in [-0.4, -0.2) is 55.8 Å². The molecule has 1 heterocycles.